The third-order valence-electron chi connectivity index (χ3n) is 3.00. The highest BCUT2D eigenvalue weighted by atomic mass is 35.5. The van der Waals surface area contributed by atoms with Crippen LogP contribution < -0.4 is 4.72 Å². The molecule has 114 valence electrons. The van der Waals surface area contributed by atoms with Crippen LogP contribution in [0.3, 0.4) is 0 Å². The summed E-state index contributed by atoms with van der Waals surface area (Å²) >= 11 is 7.08. The van der Waals surface area contributed by atoms with E-state index in [2.05, 4.69) is 4.72 Å². The molecule has 0 aliphatic carbocycles. The number of hydrogen-bond donors (Lipinski definition) is 2. The number of thioether (sulfide) groups is 1. The highest BCUT2D eigenvalue weighted by Gasteiger charge is 2.22. The highest BCUT2D eigenvalue weighted by molar-refractivity contribution is 7.99. The summed E-state index contributed by atoms with van der Waals surface area (Å²) in [4.78, 5) is 0.223. The van der Waals surface area contributed by atoms with Gasteiger partial charge in [0.05, 0.1) is 11.5 Å². The molecule has 0 amide bonds. The van der Waals surface area contributed by atoms with Crippen molar-refractivity contribution in [3.63, 3.8) is 0 Å². The van der Waals surface area contributed by atoms with E-state index in [4.69, 9.17) is 11.6 Å². The number of nitrogens with one attached hydrogen (secondary N) is 1. The van der Waals surface area contributed by atoms with Crippen molar-refractivity contribution in [1.82, 2.24) is 4.72 Å². The van der Waals surface area contributed by atoms with Crippen LogP contribution in [0.4, 0.5) is 0 Å². The van der Waals surface area contributed by atoms with Gasteiger partial charge in [0.25, 0.3) is 0 Å². The summed E-state index contributed by atoms with van der Waals surface area (Å²) in [6, 6.07) is 6.33. The van der Waals surface area contributed by atoms with Crippen LogP contribution in [0.5, 0.6) is 0 Å². The van der Waals surface area contributed by atoms with Gasteiger partial charge in [-0.1, -0.05) is 12.1 Å². The Balaban J connectivity index is 2.82. The van der Waals surface area contributed by atoms with E-state index in [-0.39, 0.29) is 22.8 Å². The standard InChI is InChI=1S/C13H20ClNO3S2/c1-10(13(9-16)19-2)15-20(17,18)12-5-3-11(4-6-12)7-8-14/h3-6,10,13,15-16H,7-9H2,1-2H3. The van der Waals surface area contributed by atoms with Gasteiger partial charge in [0.1, 0.15) is 0 Å². The number of benzene rings is 1. The van der Waals surface area contributed by atoms with Crippen LogP contribution in [0.1, 0.15) is 12.5 Å². The number of alkyl halides is 1. The van der Waals surface area contributed by atoms with E-state index in [0.29, 0.717) is 12.3 Å². The van der Waals surface area contributed by atoms with Crippen LogP contribution >= 0.6 is 23.4 Å². The molecule has 2 unspecified atom stereocenters. The van der Waals surface area contributed by atoms with Gasteiger partial charge >= 0.3 is 0 Å². The molecule has 0 aliphatic heterocycles. The van der Waals surface area contributed by atoms with Gasteiger partial charge in [-0.3, -0.25) is 0 Å². The fourth-order valence-electron chi connectivity index (χ4n) is 1.77. The lowest BCUT2D eigenvalue weighted by Crippen LogP contribution is -2.41. The van der Waals surface area contributed by atoms with Crippen molar-refractivity contribution < 1.29 is 13.5 Å². The summed E-state index contributed by atoms with van der Waals surface area (Å²) < 4.78 is 27.0. The molecule has 0 heterocycles. The van der Waals surface area contributed by atoms with Crippen LogP contribution in [0, 0.1) is 0 Å². The van der Waals surface area contributed by atoms with Gasteiger partial charge in [0.2, 0.25) is 10.0 Å². The zero-order valence-corrected chi connectivity index (χ0v) is 13.9. The zero-order valence-electron chi connectivity index (χ0n) is 11.5. The molecular formula is C13H20ClNO3S2. The van der Waals surface area contributed by atoms with Crippen molar-refractivity contribution in [1.29, 1.82) is 0 Å². The molecule has 1 aromatic carbocycles. The predicted octanol–water partition coefficient (Wildman–Crippen LogP) is 1.86. The molecule has 0 saturated carbocycles. The molecule has 0 aromatic heterocycles. The number of halogens is 1. The Kier molecular flexibility index (Phi) is 7.33. The molecule has 1 rings (SSSR count). The average molecular weight is 338 g/mol. The Bertz CT molecular complexity index is 501. The Labute approximate surface area is 130 Å². The summed E-state index contributed by atoms with van der Waals surface area (Å²) in [6.45, 7) is 1.68. The van der Waals surface area contributed by atoms with Crippen LogP contribution in [0.25, 0.3) is 0 Å². The van der Waals surface area contributed by atoms with Gasteiger partial charge in [-0.15, -0.1) is 11.6 Å². The monoisotopic (exact) mass is 337 g/mol. The minimum absolute atomic E-state index is 0.0699. The average Bonchev–Trinajstić information content (AvgIpc) is 2.40. The maximum absolute atomic E-state index is 12.2. The lowest BCUT2D eigenvalue weighted by atomic mass is 10.2. The molecule has 0 spiro atoms. The van der Waals surface area contributed by atoms with Crippen molar-refractivity contribution >= 4 is 33.4 Å². The Morgan fingerprint density at radius 3 is 2.40 bits per heavy atom. The topological polar surface area (TPSA) is 66.4 Å². The summed E-state index contributed by atoms with van der Waals surface area (Å²) in [5, 5.41) is 9.02. The number of rotatable bonds is 8. The first-order valence-corrected chi connectivity index (χ1v) is 9.56. The third-order valence-corrected chi connectivity index (χ3v) is 5.92. The summed E-state index contributed by atoms with van der Waals surface area (Å²) in [6.07, 6.45) is 2.55. The van der Waals surface area contributed by atoms with E-state index >= 15 is 0 Å². The molecule has 0 bridgehead atoms. The molecule has 4 nitrogen and oxygen atoms in total. The minimum Gasteiger partial charge on any atom is -0.395 e. The lowest BCUT2D eigenvalue weighted by molar-refractivity contribution is 0.282. The van der Waals surface area contributed by atoms with Crippen molar-refractivity contribution in [2.24, 2.45) is 0 Å². The summed E-state index contributed by atoms with van der Waals surface area (Å²) in [5.41, 5.74) is 1.00. The Hall–Kier alpha value is -0.270. The molecule has 7 heteroatoms. The van der Waals surface area contributed by atoms with Gasteiger partial charge in [-0.25, -0.2) is 13.1 Å². The quantitative estimate of drug-likeness (QED) is 0.711. The molecule has 1 aromatic rings. The Morgan fingerprint density at radius 1 is 1.35 bits per heavy atom. The molecule has 20 heavy (non-hydrogen) atoms. The fraction of sp³-hybridized carbons (Fsp3) is 0.538. The van der Waals surface area contributed by atoms with E-state index in [1.54, 1.807) is 31.2 Å². The Morgan fingerprint density at radius 2 is 1.95 bits per heavy atom. The second kappa shape index (κ2) is 8.24. The van der Waals surface area contributed by atoms with E-state index in [9.17, 15) is 13.5 Å². The van der Waals surface area contributed by atoms with Crippen molar-refractivity contribution in [3.05, 3.63) is 29.8 Å². The molecule has 0 aliphatic rings. The first-order valence-electron chi connectivity index (χ1n) is 6.25. The second-order valence-corrected chi connectivity index (χ2v) is 7.62. The maximum Gasteiger partial charge on any atom is 0.240 e. The number of aliphatic hydroxyl groups is 1. The van der Waals surface area contributed by atoms with E-state index in [1.165, 1.54) is 11.8 Å². The number of hydrogen-bond acceptors (Lipinski definition) is 4. The smallest absolute Gasteiger partial charge is 0.240 e. The normalized spacial score (nSPS) is 15.0. The largest absolute Gasteiger partial charge is 0.395 e. The van der Waals surface area contributed by atoms with Gasteiger partial charge in [0, 0.05) is 17.2 Å². The van der Waals surface area contributed by atoms with Crippen LogP contribution in [-0.4, -0.2) is 43.6 Å². The van der Waals surface area contributed by atoms with E-state index in [1.807, 2.05) is 6.26 Å². The number of aliphatic hydroxyl groups excluding tert-OH is 1. The number of sulfonamides is 1. The molecule has 2 N–H and O–H groups in total. The molecular weight excluding hydrogens is 318 g/mol. The van der Waals surface area contributed by atoms with Gasteiger partial charge < -0.3 is 5.11 Å². The summed E-state index contributed by atoms with van der Waals surface area (Å²) in [7, 11) is -3.56. The second-order valence-electron chi connectivity index (χ2n) is 4.45. The zero-order chi connectivity index (χ0) is 15.2. The van der Waals surface area contributed by atoms with Gasteiger partial charge in [-0.05, 0) is 37.3 Å². The SMILES string of the molecule is CSC(CO)C(C)NS(=O)(=O)c1ccc(CCCl)cc1. The maximum atomic E-state index is 12.2. The highest BCUT2D eigenvalue weighted by Crippen LogP contribution is 2.15. The molecule has 0 radical (unpaired) electrons. The minimum atomic E-state index is -3.56. The van der Waals surface area contributed by atoms with Crippen LogP contribution in [0.2, 0.25) is 0 Å². The first kappa shape index (κ1) is 17.8. The lowest BCUT2D eigenvalue weighted by Gasteiger charge is -2.21. The molecule has 0 saturated heterocycles. The van der Waals surface area contributed by atoms with E-state index < -0.39 is 10.0 Å². The summed E-state index contributed by atoms with van der Waals surface area (Å²) in [5.74, 6) is 0.507. The van der Waals surface area contributed by atoms with Gasteiger partial charge in [-0.2, -0.15) is 11.8 Å². The van der Waals surface area contributed by atoms with Crippen LogP contribution in [-0.2, 0) is 16.4 Å². The fourth-order valence-corrected chi connectivity index (χ4v) is 3.98. The first-order chi connectivity index (χ1) is 9.44. The van der Waals surface area contributed by atoms with Crippen molar-refractivity contribution in [2.75, 3.05) is 18.7 Å². The predicted molar refractivity (Wildman–Crippen MR) is 85.0 cm³/mol. The van der Waals surface area contributed by atoms with Crippen molar-refractivity contribution in [2.45, 2.75) is 29.5 Å². The van der Waals surface area contributed by atoms with E-state index in [0.717, 1.165) is 5.56 Å². The van der Waals surface area contributed by atoms with Crippen LogP contribution in [0.15, 0.2) is 29.2 Å². The molecule has 0 fully saturated rings. The van der Waals surface area contributed by atoms with Crippen molar-refractivity contribution in [3.8, 4) is 0 Å². The third kappa shape index (κ3) is 4.93. The number of aryl methyl sites for hydroxylation is 1. The van der Waals surface area contributed by atoms with Gasteiger partial charge in [0.15, 0.2) is 0 Å². The molecule has 2 atom stereocenters.